The van der Waals surface area contributed by atoms with Gasteiger partial charge in [0.05, 0.1) is 42.6 Å². The third-order valence-corrected chi connectivity index (χ3v) is 6.32. The van der Waals surface area contributed by atoms with Crippen LogP contribution < -0.4 is 10.2 Å². The first-order valence-electron chi connectivity index (χ1n) is 8.29. The van der Waals surface area contributed by atoms with E-state index in [2.05, 4.69) is 35.4 Å². The molecule has 0 bridgehead atoms. The van der Waals surface area contributed by atoms with Crippen molar-refractivity contribution in [3.63, 3.8) is 0 Å². The predicted molar refractivity (Wildman–Crippen MR) is 107 cm³/mol. The molecule has 28 heavy (non-hydrogen) atoms. The molecule has 2 N–H and O–H groups in total. The highest BCUT2D eigenvalue weighted by Gasteiger charge is 2.26. The summed E-state index contributed by atoms with van der Waals surface area (Å²) in [6.07, 6.45) is 6.50. The Hall–Kier alpha value is -2.63. The SMILES string of the molecule is Fc1cnc(Nc2nc3c(s2)CCN(Cc2ncc(Cl)s2)c2[nH]ncc2-3)nc1. The summed E-state index contributed by atoms with van der Waals surface area (Å²) in [6, 6.07) is 0. The summed E-state index contributed by atoms with van der Waals surface area (Å²) in [5.74, 6) is 0.727. The Balaban J connectivity index is 1.43. The second kappa shape index (κ2) is 7.08. The minimum Gasteiger partial charge on any atom is -0.349 e. The lowest BCUT2D eigenvalue weighted by Gasteiger charge is -2.20. The van der Waals surface area contributed by atoms with Crippen LogP contribution >= 0.6 is 34.3 Å². The molecule has 8 nitrogen and oxygen atoms in total. The second-order valence-corrected chi connectivity index (χ2v) is 8.83. The Morgan fingerprint density at radius 3 is 2.82 bits per heavy atom. The van der Waals surface area contributed by atoms with E-state index in [9.17, 15) is 4.39 Å². The maximum Gasteiger partial charge on any atom is 0.229 e. The van der Waals surface area contributed by atoms with Gasteiger partial charge >= 0.3 is 0 Å². The van der Waals surface area contributed by atoms with Crippen LogP contribution in [0.4, 0.5) is 21.3 Å². The summed E-state index contributed by atoms with van der Waals surface area (Å²) in [7, 11) is 0. The zero-order valence-electron chi connectivity index (χ0n) is 14.2. The number of nitrogens with one attached hydrogen (secondary N) is 2. The number of H-pyrrole nitrogens is 1. The van der Waals surface area contributed by atoms with Crippen LogP contribution in [0.15, 0.2) is 24.8 Å². The van der Waals surface area contributed by atoms with E-state index in [-0.39, 0.29) is 0 Å². The van der Waals surface area contributed by atoms with E-state index in [0.29, 0.717) is 22.0 Å². The molecule has 0 spiro atoms. The fourth-order valence-electron chi connectivity index (χ4n) is 2.98. The highest BCUT2D eigenvalue weighted by Crippen LogP contribution is 2.39. The van der Waals surface area contributed by atoms with Gasteiger partial charge in [0.1, 0.15) is 15.2 Å². The van der Waals surface area contributed by atoms with E-state index in [1.54, 1.807) is 12.4 Å². The number of nitrogens with zero attached hydrogens (tertiary/aromatic N) is 6. The van der Waals surface area contributed by atoms with Crippen molar-refractivity contribution in [1.29, 1.82) is 0 Å². The van der Waals surface area contributed by atoms with Crippen molar-refractivity contribution in [1.82, 2.24) is 30.1 Å². The molecule has 1 aliphatic rings. The van der Waals surface area contributed by atoms with Crippen LogP contribution in [-0.4, -0.2) is 36.7 Å². The van der Waals surface area contributed by atoms with Gasteiger partial charge in [-0.05, 0) is 0 Å². The van der Waals surface area contributed by atoms with E-state index < -0.39 is 5.82 Å². The summed E-state index contributed by atoms with van der Waals surface area (Å²) in [5.41, 5.74) is 1.80. The molecule has 4 aromatic rings. The second-order valence-electron chi connectivity index (χ2n) is 6.00. The molecule has 5 heterocycles. The van der Waals surface area contributed by atoms with Gasteiger partial charge in [-0.2, -0.15) is 5.10 Å². The van der Waals surface area contributed by atoms with Crippen LogP contribution in [0.25, 0.3) is 11.3 Å². The zero-order chi connectivity index (χ0) is 19.1. The number of rotatable bonds is 4. The number of hydrogen-bond donors (Lipinski definition) is 2. The molecule has 0 amide bonds. The summed E-state index contributed by atoms with van der Waals surface area (Å²) in [5, 5.41) is 11.9. The van der Waals surface area contributed by atoms with Crippen molar-refractivity contribution < 1.29 is 4.39 Å². The van der Waals surface area contributed by atoms with Crippen molar-refractivity contribution >= 4 is 51.2 Å². The first-order valence-corrected chi connectivity index (χ1v) is 10.3. The monoisotopic (exact) mass is 434 g/mol. The maximum atomic E-state index is 13.0. The van der Waals surface area contributed by atoms with Gasteiger partial charge in [-0.15, -0.1) is 22.7 Å². The van der Waals surface area contributed by atoms with E-state index in [1.165, 1.54) is 22.7 Å². The third-order valence-electron chi connectivity index (χ3n) is 4.19. The first-order chi connectivity index (χ1) is 13.7. The minimum absolute atomic E-state index is 0.306. The molecule has 0 saturated carbocycles. The van der Waals surface area contributed by atoms with Crippen LogP contribution in [0.5, 0.6) is 0 Å². The molecule has 12 heteroatoms. The molecular weight excluding hydrogens is 423 g/mol. The van der Waals surface area contributed by atoms with Crippen molar-refractivity contribution in [2.45, 2.75) is 13.0 Å². The standard InChI is InChI=1S/C16H12ClFN8S2/c17-11-6-19-12(28-11)7-26-2-1-10-13(9-5-22-25-14(9)26)23-16(27-10)24-15-20-3-8(18)4-21-15/h3-6H,1-2,7H2,(H,22,25)(H,20,21,23,24). The molecule has 0 unspecified atom stereocenters. The molecule has 5 rings (SSSR count). The summed E-state index contributed by atoms with van der Waals surface area (Å²) in [6.45, 7) is 1.43. The minimum atomic E-state index is -0.481. The quantitative estimate of drug-likeness (QED) is 0.503. The van der Waals surface area contributed by atoms with Gasteiger partial charge in [0.2, 0.25) is 5.95 Å². The Morgan fingerprint density at radius 2 is 2.04 bits per heavy atom. The molecular formula is C16H12ClFN8S2. The van der Waals surface area contributed by atoms with Gasteiger partial charge in [-0.1, -0.05) is 11.6 Å². The fourth-order valence-corrected chi connectivity index (χ4v) is 4.91. The van der Waals surface area contributed by atoms with Gasteiger partial charge in [-0.25, -0.2) is 24.3 Å². The van der Waals surface area contributed by atoms with Crippen LogP contribution in [0.1, 0.15) is 9.88 Å². The van der Waals surface area contributed by atoms with Crippen molar-refractivity contribution in [3.8, 4) is 11.3 Å². The number of aromatic amines is 1. The third kappa shape index (κ3) is 3.32. The van der Waals surface area contributed by atoms with Crippen molar-refractivity contribution in [2.24, 2.45) is 0 Å². The molecule has 1 aliphatic heterocycles. The topological polar surface area (TPSA) is 95.5 Å². The van der Waals surface area contributed by atoms with E-state index in [0.717, 1.165) is 52.3 Å². The zero-order valence-corrected chi connectivity index (χ0v) is 16.6. The molecule has 0 aromatic carbocycles. The Labute approximate surface area is 171 Å². The molecule has 0 atom stereocenters. The van der Waals surface area contributed by atoms with Crippen LogP contribution in [0.2, 0.25) is 4.34 Å². The predicted octanol–water partition coefficient (Wildman–Crippen LogP) is 3.88. The van der Waals surface area contributed by atoms with Gasteiger partial charge in [-0.3, -0.25) is 5.10 Å². The van der Waals surface area contributed by atoms with Gasteiger partial charge in [0.25, 0.3) is 0 Å². The average Bonchev–Trinajstić information content (AvgIpc) is 3.39. The highest BCUT2D eigenvalue weighted by molar-refractivity contribution is 7.16. The van der Waals surface area contributed by atoms with Gasteiger partial charge < -0.3 is 10.2 Å². The number of hydrogen-bond acceptors (Lipinski definition) is 9. The molecule has 142 valence electrons. The maximum absolute atomic E-state index is 13.0. The van der Waals surface area contributed by atoms with Crippen LogP contribution in [0.3, 0.4) is 0 Å². The van der Waals surface area contributed by atoms with Gasteiger partial charge in [0.15, 0.2) is 10.9 Å². The van der Waals surface area contributed by atoms with E-state index in [4.69, 9.17) is 16.6 Å². The van der Waals surface area contributed by atoms with Crippen LogP contribution in [0, 0.1) is 5.82 Å². The fraction of sp³-hybridized carbons (Fsp3) is 0.188. The van der Waals surface area contributed by atoms with Crippen molar-refractivity contribution in [2.75, 3.05) is 16.8 Å². The normalized spacial score (nSPS) is 13.1. The first kappa shape index (κ1) is 17.5. The smallest absolute Gasteiger partial charge is 0.229 e. The summed E-state index contributed by atoms with van der Waals surface area (Å²) < 4.78 is 13.7. The largest absolute Gasteiger partial charge is 0.349 e. The van der Waals surface area contributed by atoms with E-state index in [1.807, 2.05) is 0 Å². The molecule has 0 aliphatic carbocycles. The number of halogens is 2. The summed E-state index contributed by atoms with van der Waals surface area (Å²) in [4.78, 5) is 20.2. The Bertz CT molecular complexity index is 1120. The lowest BCUT2D eigenvalue weighted by molar-refractivity contribution is 0.614. The molecule has 4 aromatic heterocycles. The van der Waals surface area contributed by atoms with Gasteiger partial charge in [0, 0.05) is 17.8 Å². The number of fused-ring (bicyclic) bond motifs is 3. The highest BCUT2D eigenvalue weighted by atomic mass is 35.5. The number of aromatic nitrogens is 6. The molecule has 0 radical (unpaired) electrons. The van der Waals surface area contributed by atoms with Crippen LogP contribution in [-0.2, 0) is 13.0 Å². The van der Waals surface area contributed by atoms with Crippen molar-refractivity contribution in [3.05, 3.63) is 44.8 Å². The molecule has 0 saturated heterocycles. The van der Waals surface area contributed by atoms with E-state index >= 15 is 0 Å². The average molecular weight is 435 g/mol. The lowest BCUT2D eigenvalue weighted by atomic mass is 10.2. The lowest BCUT2D eigenvalue weighted by Crippen LogP contribution is -2.24. The summed E-state index contributed by atoms with van der Waals surface area (Å²) >= 11 is 9.01. The Morgan fingerprint density at radius 1 is 1.18 bits per heavy atom. The number of thiazole rings is 2. The Kier molecular flexibility index (Phi) is 4.41. The number of anilines is 3. The molecule has 0 fully saturated rings.